The molecule has 2 fully saturated rings. The third-order valence-corrected chi connectivity index (χ3v) is 13.7. The van der Waals surface area contributed by atoms with E-state index in [0.29, 0.717) is 18.5 Å². The van der Waals surface area contributed by atoms with Crippen molar-refractivity contribution in [2.45, 2.75) is 50.1 Å². The van der Waals surface area contributed by atoms with Gasteiger partial charge in [0.05, 0.1) is 34.2 Å². The van der Waals surface area contributed by atoms with E-state index in [2.05, 4.69) is 53.5 Å². The van der Waals surface area contributed by atoms with Gasteiger partial charge in [-0.05, 0) is 71.2 Å². The number of amides is 3. The minimum Gasteiger partial charge on any atom is -0.333 e. The SMILES string of the molecule is O=C(N=CC(C(=O)N1CCC[C@H]1c1ncc(-c2ccc(-c3ccc(-c4cnc(C5CCCN5C(=O)Cc5ccccc5)s4)cc3)cc2)s1)c1ccccc1)c1ccccc1. The summed E-state index contributed by atoms with van der Waals surface area (Å²) in [7, 11) is 0. The van der Waals surface area contributed by atoms with Crippen LogP contribution in [0.1, 0.15) is 75.2 Å². The average molecular weight is 826 g/mol. The predicted molar refractivity (Wildman–Crippen MR) is 240 cm³/mol. The number of nitrogens with zero attached hydrogens (tertiary/aromatic N) is 5. The van der Waals surface area contributed by atoms with Gasteiger partial charge in [0, 0.05) is 37.3 Å². The van der Waals surface area contributed by atoms with Crippen molar-refractivity contribution in [3.63, 3.8) is 0 Å². The maximum Gasteiger partial charge on any atom is 0.276 e. The zero-order chi connectivity index (χ0) is 40.8. The molecule has 0 N–H and O–H groups in total. The summed E-state index contributed by atoms with van der Waals surface area (Å²) in [4.78, 5) is 60.3. The first-order valence-corrected chi connectivity index (χ1v) is 22.1. The Kier molecular flexibility index (Phi) is 11.6. The van der Waals surface area contributed by atoms with Crippen molar-refractivity contribution >= 4 is 46.6 Å². The highest BCUT2D eigenvalue weighted by atomic mass is 32.1. The molecule has 0 spiro atoms. The van der Waals surface area contributed by atoms with E-state index in [1.165, 1.54) is 6.21 Å². The molecule has 2 aromatic heterocycles. The van der Waals surface area contributed by atoms with Gasteiger partial charge in [-0.1, -0.05) is 127 Å². The zero-order valence-electron chi connectivity index (χ0n) is 33.0. The Morgan fingerprint density at radius 2 is 1.10 bits per heavy atom. The first-order valence-electron chi connectivity index (χ1n) is 20.4. The monoisotopic (exact) mass is 825 g/mol. The van der Waals surface area contributed by atoms with Crippen LogP contribution in [0, 0.1) is 0 Å². The van der Waals surface area contributed by atoms with E-state index < -0.39 is 5.92 Å². The lowest BCUT2D eigenvalue weighted by Crippen LogP contribution is -2.35. The Morgan fingerprint density at radius 3 is 1.67 bits per heavy atom. The number of thiazole rings is 2. The molecule has 9 rings (SSSR count). The molecule has 10 heteroatoms. The van der Waals surface area contributed by atoms with E-state index in [1.807, 2.05) is 88.9 Å². The Balaban J connectivity index is 0.857. The summed E-state index contributed by atoms with van der Waals surface area (Å²) in [6.45, 7) is 1.39. The Labute approximate surface area is 357 Å². The molecule has 0 saturated carbocycles. The van der Waals surface area contributed by atoms with Crippen LogP contribution in [-0.4, -0.2) is 56.8 Å². The van der Waals surface area contributed by atoms with Gasteiger partial charge in [-0.3, -0.25) is 14.4 Å². The third kappa shape index (κ3) is 8.52. The fraction of sp³-hybridized carbons (Fsp3) is 0.200. The number of carbonyl (C=O) groups excluding carboxylic acids is 3. The molecular formula is C50H43N5O3S2. The number of rotatable bonds is 11. The van der Waals surface area contributed by atoms with Crippen molar-refractivity contribution in [3.8, 4) is 32.0 Å². The second kappa shape index (κ2) is 17.9. The standard InChI is InChI=1S/C50H43N5O3S2/c56-46(30-34-12-4-1-5-13-34)54-28-10-18-42(54)48-52-32-44(59-48)38-24-20-35(21-25-38)36-22-26-39(27-23-36)45-33-53-49(60-45)43-19-11-29-55(43)50(58)41(37-14-6-2-7-15-37)31-51-47(57)40-16-8-3-9-17-40/h1-9,12-17,20-27,31-33,41-43H,10-11,18-19,28-30H2/t41?,42?,43-/m0/s1. The second-order valence-electron chi connectivity index (χ2n) is 15.2. The summed E-state index contributed by atoms with van der Waals surface area (Å²) in [5, 5.41) is 1.91. The van der Waals surface area contributed by atoms with E-state index >= 15 is 0 Å². The molecule has 2 unspecified atom stereocenters. The summed E-state index contributed by atoms with van der Waals surface area (Å²) in [6, 6.07) is 45.4. The van der Waals surface area contributed by atoms with E-state index in [4.69, 9.17) is 9.97 Å². The zero-order valence-corrected chi connectivity index (χ0v) is 34.6. The molecule has 5 aromatic carbocycles. The average Bonchev–Trinajstić information content (AvgIpc) is 4.15. The van der Waals surface area contributed by atoms with E-state index in [0.717, 1.165) is 85.4 Å². The predicted octanol–water partition coefficient (Wildman–Crippen LogP) is 10.9. The quantitative estimate of drug-likeness (QED) is 0.121. The van der Waals surface area contributed by atoms with Gasteiger partial charge < -0.3 is 9.80 Å². The van der Waals surface area contributed by atoms with Gasteiger partial charge in [-0.2, -0.15) is 0 Å². The Morgan fingerprint density at radius 1 is 0.617 bits per heavy atom. The molecule has 4 heterocycles. The minimum absolute atomic E-state index is 0.0300. The Hall–Kier alpha value is -6.36. The number of hydrogen-bond donors (Lipinski definition) is 0. The van der Waals surface area contributed by atoms with Crippen LogP contribution in [-0.2, 0) is 16.0 Å². The highest BCUT2D eigenvalue weighted by molar-refractivity contribution is 7.15. The van der Waals surface area contributed by atoms with Gasteiger partial charge in [0.25, 0.3) is 5.91 Å². The molecule has 7 aromatic rings. The maximum atomic E-state index is 14.3. The summed E-state index contributed by atoms with van der Waals surface area (Å²) >= 11 is 3.30. The third-order valence-electron chi connectivity index (χ3n) is 11.4. The molecule has 60 heavy (non-hydrogen) atoms. The van der Waals surface area contributed by atoms with E-state index in [-0.39, 0.29) is 29.8 Å². The minimum atomic E-state index is -0.690. The number of likely N-dealkylation sites (tertiary alicyclic amines) is 2. The van der Waals surface area contributed by atoms with Crippen LogP contribution in [0.15, 0.2) is 157 Å². The van der Waals surface area contributed by atoms with Gasteiger partial charge >= 0.3 is 0 Å². The van der Waals surface area contributed by atoms with E-state index in [1.54, 1.807) is 46.9 Å². The van der Waals surface area contributed by atoms with Gasteiger partial charge in [-0.15, -0.1) is 22.7 Å². The van der Waals surface area contributed by atoms with Crippen LogP contribution >= 0.6 is 22.7 Å². The highest BCUT2D eigenvalue weighted by Gasteiger charge is 2.36. The van der Waals surface area contributed by atoms with Crippen molar-refractivity contribution in [3.05, 3.63) is 179 Å². The maximum absolute atomic E-state index is 14.3. The summed E-state index contributed by atoms with van der Waals surface area (Å²) in [5.41, 5.74) is 6.74. The topological polar surface area (TPSA) is 95.8 Å². The van der Waals surface area contributed by atoms with Crippen LogP contribution in [0.5, 0.6) is 0 Å². The van der Waals surface area contributed by atoms with Gasteiger partial charge in [0.1, 0.15) is 10.0 Å². The van der Waals surface area contributed by atoms with Crippen molar-refractivity contribution in [2.24, 2.45) is 4.99 Å². The van der Waals surface area contributed by atoms with Gasteiger partial charge in [0.2, 0.25) is 11.8 Å². The van der Waals surface area contributed by atoms with Crippen LogP contribution < -0.4 is 0 Å². The van der Waals surface area contributed by atoms with Crippen molar-refractivity contribution in [2.75, 3.05) is 13.1 Å². The van der Waals surface area contributed by atoms with Crippen LogP contribution in [0.25, 0.3) is 32.0 Å². The molecule has 2 aliphatic heterocycles. The molecule has 0 aliphatic carbocycles. The summed E-state index contributed by atoms with van der Waals surface area (Å²) in [5.74, 6) is -0.984. The normalized spacial score (nSPS) is 17.0. The second-order valence-corrected chi connectivity index (χ2v) is 17.3. The molecule has 2 aliphatic rings. The Bertz CT molecular complexity index is 2610. The van der Waals surface area contributed by atoms with Crippen LogP contribution in [0.4, 0.5) is 0 Å². The van der Waals surface area contributed by atoms with E-state index in [9.17, 15) is 14.4 Å². The summed E-state index contributed by atoms with van der Waals surface area (Å²) in [6.07, 6.45) is 9.40. The molecule has 0 radical (unpaired) electrons. The van der Waals surface area contributed by atoms with Crippen molar-refractivity contribution in [1.29, 1.82) is 0 Å². The van der Waals surface area contributed by atoms with Gasteiger partial charge in [-0.25, -0.2) is 15.0 Å². The summed E-state index contributed by atoms with van der Waals surface area (Å²) < 4.78 is 0. The lowest BCUT2D eigenvalue weighted by atomic mass is 9.98. The molecule has 3 amide bonds. The molecule has 8 nitrogen and oxygen atoms in total. The molecule has 298 valence electrons. The van der Waals surface area contributed by atoms with Crippen LogP contribution in [0.2, 0.25) is 0 Å². The molecular weight excluding hydrogens is 783 g/mol. The fourth-order valence-corrected chi connectivity index (χ4v) is 10.4. The molecule has 2 saturated heterocycles. The largest absolute Gasteiger partial charge is 0.333 e. The lowest BCUT2D eigenvalue weighted by molar-refractivity contribution is -0.132. The fourth-order valence-electron chi connectivity index (χ4n) is 8.21. The highest BCUT2D eigenvalue weighted by Crippen LogP contribution is 2.40. The number of carbonyl (C=O) groups is 3. The smallest absolute Gasteiger partial charge is 0.276 e. The van der Waals surface area contributed by atoms with Crippen molar-refractivity contribution in [1.82, 2.24) is 19.8 Å². The first kappa shape index (κ1) is 39.1. The number of hydrogen-bond acceptors (Lipinski definition) is 7. The van der Waals surface area contributed by atoms with Crippen LogP contribution in [0.3, 0.4) is 0 Å². The number of benzene rings is 5. The number of aromatic nitrogens is 2. The first-order chi connectivity index (χ1) is 29.5. The van der Waals surface area contributed by atoms with Crippen molar-refractivity contribution < 1.29 is 14.4 Å². The van der Waals surface area contributed by atoms with Gasteiger partial charge in [0.15, 0.2) is 0 Å². The number of aliphatic imine (C=N–C) groups is 1. The molecule has 0 bridgehead atoms. The molecule has 3 atom stereocenters. The lowest BCUT2D eigenvalue weighted by Gasteiger charge is -2.26.